The molecule has 2 aromatic rings. The zero-order valence-electron chi connectivity index (χ0n) is 14.6. The van der Waals surface area contributed by atoms with Crippen molar-refractivity contribution in [2.24, 2.45) is 11.8 Å². The highest BCUT2D eigenvalue weighted by atomic mass is 35.5. The lowest BCUT2D eigenvalue weighted by Gasteiger charge is -2.21. The fraction of sp³-hybridized carbons (Fsp3) is 0.476. The standard InChI is InChI=1S/C21H26N2O.ClH/c24-21(23-11-9-19-14-22-15-20(19)10-12-23)8-6-16-5-7-17-3-1-2-4-18(17)13-16;/h1-5,7,13,19-20,22H,6,8-12,14-15H2;1H/t19-,20+;. The number of amides is 1. The highest BCUT2D eigenvalue weighted by Crippen LogP contribution is 2.27. The highest BCUT2D eigenvalue weighted by molar-refractivity contribution is 5.85. The summed E-state index contributed by atoms with van der Waals surface area (Å²) in [4.78, 5) is 14.7. The maximum Gasteiger partial charge on any atom is 0.222 e. The van der Waals surface area contributed by atoms with Crippen LogP contribution in [0.2, 0.25) is 0 Å². The van der Waals surface area contributed by atoms with Gasteiger partial charge in [-0.25, -0.2) is 0 Å². The van der Waals surface area contributed by atoms with Gasteiger partial charge in [0.15, 0.2) is 0 Å². The van der Waals surface area contributed by atoms with Crippen molar-refractivity contribution in [2.75, 3.05) is 26.2 Å². The zero-order valence-corrected chi connectivity index (χ0v) is 15.4. The van der Waals surface area contributed by atoms with Crippen molar-refractivity contribution in [3.05, 3.63) is 48.0 Å². The van der Waals surface area contributed by atoms with Crippen molar-refractivity contribution in [2.45, 2.75) is 25.7 Å². The maximum atomic E-state index is 12.6. The lowest BCUT2D eigenvalue weighted by molar-refractivity contribution is -0.131. The van der Waals surface area contributed by atoms with Crippen LogP contribution < -0.4 is 5.32 Å². The van der Waals surface area contributed by atoms with E-state index >= 15 is 0 Å². The van der Waals surface area contributed by atoms with E-state index in [4.69, 9.17) is 0 Å². The summed E-state index contributed by atoms with van der Waals surface area (Å²) < 4.78 is 0. The number of carbonyl (C=O) groups excluding carboxylic acids is 1. The highest BCUT2D eigenvalue weighted by Gasteiger charge is 2.31. The summed E-state index contributed by atoms with van der Waals surface area (Å²) in [7, 11) is 0. The molecule has 0 unspecified atom stereocenters. The minimum atomic E-state index is 0. The van der Waals surface area contributed by atoms with E-state index in [-0.39, 0.29) is 12.4 Å². The number of rotatable bonds is 3. The number of halogens is 1. The molecule has 0 aromatic heterocycles. The predicted octanol–water partition coefficient (Wildman–Crippen LogP) is 3.65. The van der Waals surface area contributed by atoms with Gasteiger partial charge in [0.25, 0.3) is 0 Å². The number of hydrogen-bond acceptors (Lipinski definition) is 2. The number of fused-ring (bicyclic) bond motifs is 2. The molecule has 2 atom stereocenters. The van der Waals surface area contributed by atoms with Crippen molar-refractivity contribution >= 4 is 29.1 Å². The molecule has 4 heteroatoms. The third-order valence-electron chi connectivity index (χ3n) is 5.81. The molecule has 2 fully saturated rings. The Bertz CT molecular complexity index is 719. The normalized spacial score (nSPS) is 23.0. The number of benzene rings is 2. The first-order chi connectivity index (χ1) is 11.8. The van der Waals surface area contributed by atoms with Gasteiger partial charge in [0, 0.05) is 19.5 Å². The molecule has 3 nitrogen and oxygen atoms in total. The van der Waals surface area contributed by atoms with Gasteiger partial charge in [-0.2, -0.15) is 0 Å². The van der Waals surface area contributed by atoms with Gasteiger partial charge >= 0.3 is 0 Å². The Morgan fingerprint density at radius 3 is 2.40 bits per heavy atom. The van der Waals surface area contributed by atoms with E-state index in [2.05, 4.69) is 52.7 Å². The Balaban J connectivity index is 0.00000182. The van der Waals surface area contributed by atoms with E-state index in [1.165, 1.54) is 29.2 Å². The summed E-state index contributed by atoms with van der Waals surface area (Å²) in [6.45, 7) is 4.17. The summed E-state index contributed by atoms with van der Waals surface area (Å²) in [5.74, 6) is 1.89. The van der Waals surface area contributed by atoms with Crippen molar-refractivity contribution in [3.8, 4) is 0 Å². The molecule has 2 aliphatic heterocycles. The van der Waals surface area contributed by atoms with E-state index < -0.39 is 0 Å². The van der Waals surface area contributed by atoms with Crippen LogP contribution in [0.3, 0.4) is 0 Å². The Labute approximate surface area is 156 Å². The van der Waals surface area contributed by atoms with Crippen LogP contribution in [-0.4, -0.2) is 37.0 Å². The monoisotopic (exact) mass is 358 g/mol. The average molecular weight is 359 g/mol. The number of hydrogen-bond donors (Lipinski definition) is 1. The number of carbonyl (C=O) groups is 1. The van der Waals surface area contributed by atoms with Gasteiger partial charge in [-0.15, -0.1) is 12.4 Å². The molecule has 2 aromatic carbocycles. The van der Waals surface area contributed by atoms with Gasteiger partial charge in [-0.3, -0.25) is 4.79 Å². The summed E-state index contributed by atoms with van der Waals surface area (Å²) in [6.07, 6.45) is 3.80. The first-order valence-electron chi connectivity index (χ1n) is 9.26. The smallest absolute Gasteiger partial charge is 0.222 e. The molecule has 0 spiro atoms. The Kier molecular flexibility index (Phi) is 5.98. The first-order valence-corrected chi connectivity index (χ1v) is 9.26. The topological polar surface area (TPSA) is 32.3 Å². The Morgan fingerprint density at radius 2 is 1.68 bits per heavy atom. The van der Waals surface area contributed by atoms with Crippen LogP contribution in [-0.2, 0) is 11.2 Å². The van der Waals surface area contributed by atoms with Crippen molar-refractivity contribution in [3.63, 3.8) is 0 Å². The molecule has 134 valence electrons. The van der Waals surface area contributed by atoms with Gasteiger partial charge in [-0.1, -0.05) is 42.5 Å². The third kappa shape index (κ3) is 4.16. The number of nitrogens with one attached hydrogen (secondary N) is 1. The molecule has 4 rings (SSSR count). The first kappa shape index (κ1) is 18.2. The van der Waals surface area contributed by atoms with Crippen LogP contribution in [0.15, 0.2) is 42.5 Å². The minimum absolute atomic E-state index is 0. The van der Waals surface area contributed by atoms with Crippen molar-refractivity contribution in [1.29, 1.82) is 0 Å². The maximum absolute atomic E-state index is 12.6. The van der Waals surface area contributed by atoms with E-state index in [1.807, 2.05) is 0 Å². The second-order valence-electron chi connectivity index (χ2n) is 7.32. The van der Waals surface area contributed by atoms with Crippen LogP contribution in [0.25, 0.3) is 10.8 Å². The molecular formula is C21H27ClN2O. The van der Waals surface area contributed by atoms with Gasteiger partial charge in [0.05, 0.1) is 0 Å². The molecule has 25 heavy (non-hydrogen) atoms. The quantitative estimate of drug-likeness (QED) is 0.908. The summed E-state index contributed by atoms with van der Waals surface area (Å²) in [5, 5.41) is 6.02. The SMILES string of the molecule is Cl.O=C(CCc1ccc2ccccc2c1)N1CC[C@@H]2CNC[C@@H]2CC1. The third-order valence-corrected chi connectivity index (χ3v) is 5.81. The van der Waals surface area contributed by atoms with E-state index in [1.54, 1.807) is 0 Å². The van der Waals surface area contributed by atoms with Gasteiger partial charge in [0.2, 0.25) is 5.91 Å². The van der Waals surface area contributed by atoms with E-state index in [0.717, 1.165) is 44.4 Å². The molecular weight excluding hydrogens is 332 g/mol. The molecule has 2 heterocycles. The fourth-order valence-electron chi connectivity index (χ4n) is 4.27. The largest absolute Gasteiger partial charge is 0.343 e. The molecule has 0 bridgehead atoms. The van der Waals surface area contributed by atoms with E-state index in [9.17, 15) is 4.79 Å². The Hall–Kier alpha value is -1.58. The second kappa shape index (κ2) is 8.20. The van der Waals surface area contributed by atoms with Crippen LogP contribution in [0, 0.1) is 11.8 Å². The van der Waals surface area contributed by atoms with Gasteiger partial charge < -0.3 is 10.2 Å². The van der Waals surface area contributed by atoms with Gasteiger partial charge in [0.1, 0.15) is 0 Å². The molecule has 1 amide bonds. The zero-order chi connectivity index (χ0) is 16.4. The molecule has 0 radical (unpaired) electrons. The van der Waals surface area contributed by atoms with Crippen molar-refractivity contribution < 1.29 is 4.79 Å². The van der Waals surface area contributed by atoms with E-state index in [0.29, 0.717) is 12.3 Å². The number of nitrogens with zero attached hydrogens (tertiary/aromatic N) is 1. The van der Waals surface area contributed by atoms with Crippen LogP contribution in [0.1, 0.15) is 24.8 Å². The number of likely N-dealkylation sites (tertiary alicyclic amines) is 1. The minimum Gasteiger partial charge on any atom is -0.343 e. The molecule has 2 saturated heterocycles. The number of aryl methyl sites for hydroxylation is 1. The predicted molar refractivity (Wildman–Crippen MR) is 105 cm³/mol. The lowest BCUT2D eigenvalue weighted by atomic mass is 9.92. The van der Waals surface area contributed by atoms with Crippen molar-refractivity contribution in [1.82, 2.24) is 10.2 Å². The fourth-order valence-corrected chi connectivity index (χ4v) is 4.27. The second-order valence-corrected chi connectivity index (χ2v) is 7.32. The van der Waals surface area contributed by atoms with Crippen LogP contribution in [0.4, 0.5) is 0 Å². The van der Waals surface area contributed by atoms with Crippen LogP contribution in [0.5, 0.6) is 0 Å². The summed E-state index contributed by atoms with van der Waals surface area (Å²) in [6, 6.07) is 15.0. The summed E-state index contributed by atoms with van der Waals surface area (Å²) >= 11 is 0. The molecule has 0 aliphatic carbocycles. The van der Waals surface area contributed by atoms with Crippen LogP contribution >= 0.6 is 12.4 Å². The molecule has 0 saturated carbocycles. The molecule has 2 aliphatic rings. The van der Waals surface area contributed by atoms with Gasteiger partial charge in [-0.05, 0) is 60.5 Å². The molecule has 1 N–H and O–H groups in total. The Morgan fingerprint density at radius 1 is 1.00 bits per heavy atom. The average Bonchev–Trinajstić information content (AvgIpc) is 2.98. The summed E-state index contributed by atoms with van der Waals surface area (Å²) in [5.41, 5.74) is 1.26. The lowest BCUT2D eigenvalue weighted by Crippen LogP contribution is -2.32.